The normalized spacial score (nSPS) is 27.7. The van der Waals surface area contributed by atoms with E-state index in [2.05, 4.69) is 6.58 Å². The molecular weight excluding hydrogens is 292 g/mol. The Labute approximate surface area is 124 Å². The van der Waals surface area contributed by atoms with E-state index in [0.717, 1.165) is 5.69 Å². The standard InChI is InChI=1S/C14H16N2O2S2/c1-2-8-15-12-9-20(17,18)10-13(12)16(14(15)19)11-6-4-3-5-7-11/h2-7,12-13H,1,8-10H2/t12-,13+/m0/s1. The Morgan fingerprint density at radius 1 is 1.25 bits per heavy atom. The van der Waals surface area contributed by atoms with Crippen molar-refractivity contribution in [1.29, 1.82) is 0 Å². The van der Waals surface area contributed by atoms with Crippen molar-refractivity contribution in [1.82, 2.24) is 4.90 Å². The zero-order valence-corrected chi connectivity index (χ0v) is 12.6. The molecule has 106 valence electrons. The van der Waals surface area contributed by atoms with Gasteiger partial charge in [-0.25, -0.2) is 8.42 Å². The van der Waals surface area contributed by atoms with Crippen LogP contribution in [0.25, 0.3) is 0 Å². The quantitative estimate of drug-likeness (QED) is 0.624. The van der Waals surface area contributed by atoms with Crippen molar-refractivity contribution in [2.45, 2.75) is 12.1 Å². The summed E-state index contributed by atoms with van der Waals surface area (Å²) in [7, 11) is -3.00. The van der Waals surface area contributed by atoms with Gasteiger partial charge in [0.25, 0.3) is 0 Å². The second kappa shape index (κ2) is 4.86. The monoisotopic (exact) mass is 308 g/mol. The smallest absolute Gasteiger partial charge is 0.177 e. The van der Waals surface area contributed by atoms with E-state index in [4.69, 9.17) is 12.2 Å². The van der Waals surface area contributed by atoms with Crippen LogP contribution < -0.4 is 4.90 Å². The van der Waals surface area contributed by atoms with E-state index in [9.17, 15) is 8.42 Å². The summed E-state index contributed by atoms with van der Waals surface area (Å²) in [5.74, 6) is 0.343. The van der Waals surface area contributed by atoms with E-state index in [1.807, 2.05) is 40.1 Å². The molecule has 4 nitrogen and oxygen atoms in total. The molecule has 0 spiro atoms. The first-order valence-corrected chi connectivity index (χ1v) is 8.72. The molecule has 0 N–H and O–H groups in total. The second-order valence-electron chi connectivity index (χ2n) is 5.14. The van der Waals surface area contributed by atoms with Crippen molar-refractivity contribution in [2.75, 3.05) is 23.0 Å². The van der Waals surface area contributed by atoms with Gasteiger partial charge in [-0.1, -0.05) is 24.3 Å². The molecule has 0 saturated carbocycles. The molecule has 1 aromatic rings. The predicted octanol–water partition coefficient (Wildman–Crippen LogP) is 1.45. The van der Waals surface area contributed by atoms with Gasteiger partial charge in [-0.3, -0.25) is 0 Å². The summed E-state index contributed by atoms with van der Waals surface area (Å²) in [6.45, 7) is 4.32. The number of nitrogens with zero attached hydrogens (tertiary/aromatic N) is 2. The highest BCUT2D eigenvalue weighted by Gasteiger charge is 2.51. The van der Waals surface area contributed by atoms with Crippen LogP contribution in [0.15, 0.2) is 43.0 Å². The van der Waals surface area contributed by atoms with Crippen molar-refractivity contribution in [2.24, 2.45) is 0 Å². The average Bonchev–Trinajstić information content (AvgIpc) is 2.83. The van der Waals surface area contributed by atoms with Gasteiger partial charge in [0.05, 0.1) is 23.6 Å². The van der Waals surface area contributed by atoms with E-state index >= 15 is 0 Å². The van der Waals surface area contributed by atoms with Gasteiger partial charge in [0.15, 0.2) is 14.9 Å². The Hall–Kier alpha value is -1.40. The lowest BCUT2D eigenvalue weighted by Crippen LogP contribution is -2.37. The van der Waals surface area contributed by atoms with Crippen molar-refractivity contribution in [3.8, 4) is 0 Å². The number of thiocarbonyl (C=S) groups is 1. The van der Waals surface area contributed by atoms with Gasteiger partial charge >= 0.3 is 0 Å². The fourth-order valence-corrected chi connectivity index (χ4v) is 5.42. The zero-order chi connectivity index (χ0) is 14.3. The number of fused-ring (bicyclic) bond motifs is 1. The summed E-state index contributed by atoms with van der Waals surface area (Å²) in [5, 5.41) is 0.695. The van der Waals surface area contributed by atoms with Crippen molar-refractivity contribution in [3.63, 3.8) is 0 Å². The maximum Gasteiger partial charge on any atom is 0.177 e. The molecule has 2 atom stereocenters. The van der Waals surface area contributed by atoms with Crippen molar-refractivity contribution < 1.29 is 8.42 Å². The zero-order valence-electron chi connectivity index (χ0n) is 11.0. The Morgan fingerprint density at radius 2 is 1.90 bits per heavy atom. The maximum atomic E-state index is 12.0. The van der Waals surface area contributed by atoms with Gasteiger partial charge in [-0.2, -0.15) is 0 Å². The molecule has 0 aromatic heterocycles. The first-order chi connectivity index (χ1) is 9.53. The largest absolute Gasteiger partial charge is 0.339 e. The summed E-state index contributed by atoms with van der Waals surface area (Å²) < 4.78 is 23.9. The number of sulfone groups is 1. The minimum absolute atomic E-state index is 0.0642. The highest BCUT2D eigenvalue weighted by molar-refractivity contribution is 7.91. The summed E-state index contributed by atoms with van der Waals surface area (Å²) in [6, 6.07) is 9.59. The van der Waals surface area contributed by atoms with Crippen LogP contribution in [-0.4, -0.2) is 48.6 Å². The predicted molar refractivity (Wildman–Crippen MR) is 84.7 cm³/mol. The SMILES string of the molecule is C=CCN1C(=S)N(c2ccccc2)[C@@H]2CS(=O)(=O)C[C@@H]21. The number of benzene rings is 1. The Balaban J connectivity index is 2.02. The average molecular weight is 308 g/mol. The fourth-order valence-electron chi connectivity index (χ4n) is 3.02. The molecular formula is C14H16N2O2S2. The third-order valence-electron chi connectivity index (χ3n) is 3.84. The van der Waals surface area contributed by atoms with Gasteiger partial charge in [0.2, 0.25) is 0 Å². The fraction of sp³-hybridized carbons (Fsp3) is 0.357. The van der Waals surface area contributed by atoms with E-state index in [1.54, 1.807) is 6.08 Å². The van der Waals surface area contributed by atoms with E-state index < -0.39 is 9.84 Å². The third kappa shape index (κ3) is 2.13. The first-order valence-electron chi connectivity index (χ1n) is 6.50. The highest BCUT2D eigenvalue weighted by Crippen LogP contribution is 2.34. The van der Waals surface area contributed by atoms with Crippen LogP contribution >= 0.6 is 12.2 Å². The molecule has 2 aliphatic rings. The van der Waals surface area contributed by atoms with Crippen LogP contribution in [0.4, 0.5) is 5.69 Å². The van der Waals surface area contributed by atoms with Gasteiger partial charge in [-0.05, 0) is 24.4 Å². The molecule has 2 saturated heterocycles. The molecule has 0 amide bonds. The van der Waals surface area contributed by atoms with Gasteiger partial charge in [0.1, 0.15) is 0 Å². The summed E-state index contributed by atoms with van der Waals surface area (Å²) in [6.07, 6.45) is 1.77. The summed E-state index contributed by atoms with van der Waals surface area (Å²) in [5.41, 5.74) is 0.955. The minimum Gasteiger partial charge on any atom is -0.339 e. The molecule has 3 rings (SSSR count). The van der Waals surface area contributed by atoms with Gasteiger partial charge in [0, 0.05) is 12.2 Å². The second-order valence-corrected chi connectivity index (χ2v) is 7.66. The lowest BCUT2D eigenvalue weighted by Gasteiger charge is -2.24. The molecule has 0 aliphatic carbocycles. The number of hydrogen-bond donors (Lipinski definition) is 0. The molecule has 20 heavy (non-hydrogen) atoms. The van der Waals surface area contributed by atoms with E-state index in [1.165, 1.54) is 0 Å². The van der Waals surface area contributed by atoms with Crippen LogP contribution in [0.1, 0.15) is 0 Å². The maximum absolute atomic E-state index is 12.0. The Bertz CT molecular complexity index is 642. The molecule has 0 bridgehead atoms. The lowest BCUT2D eigenvalue weighted by atomic mass is 10.1. The molecule has 2 heterocycles. The Kier molecular flexibility index (Phi) is 3.30. The van der Waals surface area contributed by atoms with Crippen LogP contribution in [0, 0.1) is 0 Å². The summed E-state index contributed by atoms with van der Waals surface area (Å²) >= 11 is 5.55. The summed E-state index contributed by atoms with van der Waals surface area (Å²) in [4.78, 5) is 3.96. The topological polar surface area (TPSA) is 40.6 Å². The van der Waals surface area contributed by atoms with Crippen LogP contribution in [0.2, 0.25) is 0 Å². The molecule has 6 heteroatoms. The molecule has 0 radical (unpaired) electrons. The molecule has 0 unspecified atom stereocenters. The van der Waals surface area contributed by atoms with Gasteiger partial charge < -0.3 is 9.80 Å². The van der Waals surface area contributed by atoms with Crippen molar-refractivity contribution in [3.05, 3.63) is 43.0 Å². The van der Waals surface area contributed by atoms with Crippen LogP contribution in [-0.2, 0) is 9.84 Å². The number of rotatable bonds is 3. The van der Waals surface area contributed by atoms with Gasteiger partial charge in [-0.15, -0.1) is 6.58 Å². The number of para-hydroxylation sites is 1. The van der Waals surface area contributed by atoms with E-state index in [0.29, 0.717) is 11.7 Å². The minimum atomic E-state index is -3.00. The third-order valence-corrected chi connectivity index (χ3v) is 5.97. The van der Waals surface area contributed by atoms with Crippen LogP contribution in [0.3, 0.4) is 0 Å². The Morgan fingerprint density at radius 3 is 2.55 bits per heavy atom. The number of anilines is 1. The van der Waals surface area contributed by atoms with Crippen molar-refractivity contribution >= 4 is 32.9 Å². The molecule has 2 aliphatic heterocycles. The molecule has 1 aromatic carbocycles. The first kappa shape index (κ1) is 13.6. The highest BCUT2D eigenvalue weighted by atomic mass is 32.2. The van der Waals surface area contributed by atoms with Crippen LogP contribution in [0.5, 0.6) is 0 Å². The molecule has 2 fully saturated rings. The van der Waals surface area contributed by atoms with E-state index in [-0.39, 0.29) is 23.6 Å². The lowest BCUT2D eigenvalue weighted by molar-refractivity contribution is 0.389. The number of hydrogen-bond acceptors (Lipinski definition) is 3.